The molecule has 5 heterocycles. The third-order valence-electron chi connectivity index (χ3n) is 12.3. The fourth-order valence-electron chi connectivity index (χ4n) is 8.91. The monoisotopic (exact) mass is 952 g/mol. The second kappa shape index (κ2) is 24.0. The van der Waals surface area contributed by atoms with E-state index in [2.05, 4.69) is 0 Å². The molecule has 5 aliphatic rings. The van der Waals surface area contributed by atoms with Crippen LogP contribution in [0.3, 0.4) is 0 Å². The van der Waals surface area contributed by atoms with E-state index < -0.39 is 185 Å². The topological polar surface area (TPSA) is 364 Å². The van der Waals surface area contributed by atoms with Gasteiger partial charge in [-0.25, -0.2) is 9.59 Å². The van der Waals surface area contributed by atoms with Crippen molar-refractivity contribution in [3.8, 4) is 0 Å². The van der Waals surface area contributed by atoms with E-state index in [9.17, 15) is 55.5 Å². The Morgan fingerprint density at radius 1 is 0.385 bits per heavy atom. The predicted octanol–water partition coefficient (Wildman–Crippen LogP) is -5.89. The molecule has 25 atom stereocenters. The van der Waals surface area contributed by atoms with E-state index in [-0.39, 0.29) is 0 Å². The van der Waals surface area contributed by atoms with Crippen molar-refractivity contribution in [2.45, 2.75) is 154 Å². The maximum atomic E-state index is 12.8. The largest absolute Gasteiger partial charge is 0.479 e. The van der Waals surface area contributed by atoms with Gasteiger partial charge in [0.25, 0.3) is 0 Å². The third kappa shape index (κ3) is 11.1. The maximum absolute atomic E-state index is 12.8. The van der Waals surface area contributed by atoms with Gasteiger partial charge in [0.1, 0.15) is 97.7 Å². The molecule has 27 heteroatoms. The lowest BCUT2D eigenvalue weighted by molar-refractivity contribution is -0.390. The first-order chi connectivity index (χ1) is 31.0. The summed E-state index contributed by atoms with van der Waals surface area (Å²) in [7, 11) is 8.86. The number of aliphatic carboxylic acids is 2. The van der Waals surface area contributed by atoms with Gasteiger partial charge in [-0.3, -0.25) is 0 Å². The van der Waals surface area contributed by atoms with Crippen LogP contribution >= 0.6 is 0 Å². The van der Waals surface area contributed by atoms with Crippen LogP contribution in [0.2, 0.25) is 0 Å². The SMILES string of the molecule is COC1C(OC)[C@H](O[C@H]2O[C@H](CO)[C@@H](O[C@@H]3OC(C(=O)O)[C@H](O[C@@H]4OC(CO)[C@H](OC)[C@H](OC)C4C)[C@H](OC)C3OC)C(O)C2O)[C@H](C(=O)O)O[C@@H]1O[C@H]1C(CO)O[C@@H](OC)C(O)[C@H]1O. The number of methoxy groups -OCH3 is 7. The molecule has 0 aromatic rings. The number of carboxylic acid groups (broad SMARTS) is 2. The Morgan fingerprint density at radius 3 is 1.09 bits per heavy atom. The highest BCUT2D eigenvalue weighted by Gasteiger charge is 2.59. The lowest BCUT2D eigenvalue weighted by Crippen LogP contribution is -2.69. The highest BCUT2D eigenvalue weighted by molar-refractivity contribution is 5.74. The van der Waals surface area contributed by atoms with Crippen molar-refractivity contribution in [1.29, 1.82) is 0 Å². The molecular formula is C38H64O27. The smallest absolute Gasteiger partial charge is 0.335 e. The molecule has 5 aliphatic heterocycles. The average molecular weight is 953 g/mol. The van der Waals surface area contributed by atoms with Crippen LogP contribution in [-0.4, -0.2) is 275 Å². The van der Waals surface area contributed by atoms with Gasteiger partial charge in [0.2, 0.25) is 0 Å². The number of aliphatic hydroxyl groups is 7. The van der Waals surface area contributed by atoms with Gasteiger partial charge in [-0.1, -0.05) is 6.92 Å². The number of hydrogen-bond acceptors (Lipinski definition) is 25. The molecule has 9 N–H and O–H groups in total. The molecule has 5 saturated heterocycles. The molecule has 5 rings (SSSR count). The summed E-state index contributed by atoms with van der Waals surface area (Å²) >= 11 is 0. The maximum Gasteiger partial charge on any atom is 0.335 e. The summed E-state index contributed by atoms with van der Waals surface area (Å²) in [6.45, 7) is -0.436. The number of carbonyl (C=O) groups is 2. The predicted molar refractivity (Wildman–Crippen MR) is 204 cm³/mol. The van der Waals surface area contributed by atoms with Crippen LogP contribution in [0.5, 0.6) is 0 Å². The molecule has 0 aromatic heterocycles. The fourth-order valence-corrected chi connectivity index (χ4v) is 8.91. The van der Waals surface area contributed by atoms with Crippen LogP contribution in [-0.2, 0) is 85.4 Å². The first-order valence-corrected chi connectivity index (χ1v) is 20.6. The Balaban J connectivity index is 1.33. The van der Waals surface area contributed by atoms with E-state index in [1.54, 1.807) is 6.92 Å². The average Bonchev–Trinajstić information content (AvgIpc) is 3.30. The Morgan fingerprint density at radius 2 is 0.723 bits per heavy atom. The summed E-state index contributed by atoms with van der Waals surface area (Å²) in [6, 6.07) is 0. The lowest BCUT2D eigenvalue weighted by Gasteiger charge is -2.50. The van der Waals surface area contributed by atoms with Crippen LogP contribution in [0.25, 0.3) is 0 Å². The highest BCUT2D eigenvalue weighted by Crippen LogP contribution is 2.39. The minimum Gasteiger partial charge on any atom is -0.479 e. The second-order valence-electron chi connectivity index (χ2n) is 15.9. The van der Waals surface area contributed by atoms with E-state index in [1.807, 2.05) is 0 Å². The lowest BCUT2D eigenvalue weighted by atomic mass is 9.91. The second-order valence-corrected chi connectivity index (χ2v) is 15.9. The van der Waals surface area contributed by atoms with E-state index in [0.717, 1.165) is 7.11 Å². The van der Waals surface area contributed by atoms with Crippen LogP contribution in [0.15, 0.2) is 0 Å². The summed E-state index contributed by atoms with van der Waals surface area (Å²) in [5.74, 6) is -3.78. The molecule has 10 unspecified atom stereocenters. The van der Waals surface area contributed by atoms with Gasteiger partial charge in [-0.2, -0.15) is 0 Å². The zero-order chi connectivity index (χ0) is 48.0. The standard InChI is InChI=1S/C38H64O27/c1-12-20(50-2)23(51-3)15(11-41)57-34(12)62-26-24(52-4)30(54-6)37(64-28(26)32(46)47)61-22-14(10-40)59-36(19(45)17(22)43)63-27-25(53-5)31(55-7)38(65-29(27)33(48)49)60-21-13(9-39)58-35(56-8)18(44)16(21)42/h12-31,34-45H,9-11H2,1-8H3,(H,46,47)(H,48,49)/t12?,13?,14-,15?,16-,17?,18?,19?,20-,21+,22-,23+,24+,25?,26-,27+,28?,29-,30?,31?,34+,35-,36-,37-,38+/m1/s1. The van der Waals surface area contributed by atoms with E-state index in [4.69, 9.17) is 75.8 Å². The summed E-state index contributed by atoms with van der Waals surface area (Å²) in [4.78, 5) is 25.5. The van der Waals surface area contributed by atoms with Gasteiger partial charge >= 0.3 is 11.9 Å². The number of ether oxygens (including phenoxy) is 16. The number of aliphatic hydroxyl groups excluding tert-OH is 7. The van der Waals surface area contributed by atoms with Crippen LogP contribution < -0.4 is 0 Å². The van der Waals surface area contributed by atoms with Crippen molar-refractivity contribution < 1.29 is 131 Å². The molecule has 0 saturated carbocycles. The zero-order valence-electron chi connectivity index (χ0n) is 36.9. The van der Waals surface area contributed by atoms with Gasteiger partial charge in [-0.05, 0) is 0 Å². The molecule has 0 spiro atoms. The van der Waals surface area contributed by atoms with Crippen molar-refractivity contribution >= 4 is 11.9 Å². The number of carboxylic acids is 2. The van der Waals surface area contributed by atoms with E-state index in [1.165, 1.54) is 42.7 Å². The van der Waals surface area contributed by atoms with Gasteiger partial charge in [-0.15, -0.1) is 0 Å². The van der Waals surface area contributed by atoms with Gasteiger partial charge in [0.15, 0.2) is 43.7 Å². The number of hydrogen-bond donors (Lipinski definition) is 9. The molecule has 0 aliphatic carbocycles. The van der Waals surface area contributed by atoms with Crippen molar-refractivity contribution in [3.05, 3.63) is 0 Å². The normalized spacial score (nSPS) is 47.3. The molecule has 378 valence electrons. The van der Waals surface area contributed by atoms with Crippen molar-refractivity contribution in [2.24, 2.45) is 5.92 Å². The molecule has 27 nitrogen and oxygen atoms in total. The minimum atomic E-state index is -2.08. The van der Waals surface area contributed by atoms with Crippen LogP contribution in [0, 0.1) is 5.92 Å². The van der Waals surface area contributed by atoms with Crippen LogP contribution in [0.4, 0.5) is 0 Å². The van der Waals surface area contributed by atoms with Crippen molar-refractivity contribution in [3.63, 3.8) is 0 Å². The van der Waals surface area contributed by atoms with E-state index in [0.29, 0.717) is 0 Å². The summed E-state index contributed by atoms with van der Waals surface area (Å²) in [5.41, 5.74) is 0. The van der Waals surface area contributed by atoms with Gasteiger partial charge in [0.05, 0.1) is 25.9 Å². The molecular weight excluding hydrogens is 888 g/mol. The summed E-state index contributed by atoms with van der Waals surface area (Å²) in [6.07, 6.45) is -36.3. The Kier molecular flexibility index (Phi) is 20.0. The Labute approximate surface area is 373 Å². The molecule has 0 bridgehead atoms. The van der Waals surface area contributed by atoms with Crippen LogP contribution in [0.1, 0.15) is 6.92 Å². The van der Waals surface area contributed by atoms with Crippen molar-refractivity contribution in [1.82, 2.24) is 0 Å². The summed E-state index contributed by atoms with van der Waals surface area (Å²) in [5, 5.41) is 95.6. The molecule has 0 radical (unpaired) electrons. The first-order valence-electron chi connectivity index (χ1n) is 20.6. The fraction of sp³-hybridized carbons (Fsp3) is 0.947. The molecule has 65 heavy (non-hydrogen) atoms. The van der Waals surface area contributed by atoms with Gasteiger partial charge in [0, 0.05) is 55.7 Å². The quantitative estimate of drug-likeness (QED) is 0.0549. The minimum absolute atomic E-state index is 0.490. The highest BCUT2D eigenvalue weighted by atomic mass is 16.8. The third-order valence-corrected chi connectivity index (χ3v) is 12.3. The molecule has 0 aromatic carbocycles. The summed E-state index contributed by atoms with van der Waals surface area (Å²) < 4.78 is 91.7. The number of rotatable bonds is 20. The Bertz CT molecular complexity index is 1480. The molecule has 5 fully saturated rings. The van der Waals surface area contributed by atoms with Gasteiger partial charge < -0.3 is 122 Å². The Hall–Kier alpha value is -1.98. The van der Waals surface area contributed by atoms with E-state index >= 15 is 0 Å². The molecule has 0 amide bonds. The first kappa shape index (κ1) is 54.0. The zero-order valence-corrected chi connectivity index (χ0v) is 36.9. The van der Waals surface area contributed by atoms with Crippen molar-refractivity contribution in [2.75, 3.05) is 69.6 Å².